The van der Waals surface area contributed by atoms with Crippen LogP contribution in [0.2, 0.25) is 0 Å². The molecule has 1 aliphatic heterocycles. The molecule has 27 heavy (non-hydrogen) atoms. The molecular weight excluding hydrogens is 351 g/mol. The van der Waals surface area contributed by atoms with Gasteiger partial charge in [0.1, 0.15) is 0 Å². The Morgan fingerprint density at radius 2 is 2.04 bits per heavy atom. The Kier molecular flexibility index (Phi) is 5.98. The molecule has 0 radical (unpaired) electrons. The Balaban J connectivity index is 1.84. The first-order valence-corrected chi connectivity index (χ1v) is 9.45. The van der Waals surface area contributed by atoms with E-state index in [4.69, 9.17) is 4.74 Å². The number of phenolic OH excluding ortho intramolecular Hbond substituents is 1. The minimum atomic E-state index is -0.806. The van der Waals surface area contributed by atoms with Crippen LogP contribution in [0, 0.1) is 11.7 Å². The van der Waals surface area contributed by atoms with Crippen molar-refractivity contribution >= 4 is 12.0 Å². The van der Waals surface area contributed by atoms with Crippen molar-refractivity contribution in [2.75, 3.05) is 6.61 Å². The summed E-state index contributed by atoms with van der Waals surface area (Å²) in [5.74, 6) is -1.43. The van der Waals surface area contributed by atoms with Crippen molar-refractivity contribution in [2.24, 2.45) is 5.92 Å². The van der Waals surface area contributed by atoms with Crippen LogP contribution in [0.1, 0.15) is 57.1 Å². The number of benzene rings is 1. The predicted molar refractivity (Wildman–Crippen MR) is 97.3 cm³/mol. The third kappa shape index (κ3) is 4.40. The number of hydrogen-bond donors (Lipinski definition) is 3. The van der Waals surface area contributed by atoms with Crippen molar-refractivity contribution in [1.82, 2.24) is 10.6 Å². The van der Waals surface area contributed by atoms with E-state index in [1.165, 1.54) is 18.6 Å². The lowest BCUT2D eigenvalue weighted by molar-refractivity contribution is -0.141. The largest absolute Gasteiger partial charge is 0.505 e. The van der Waals surface area contributed by atoms with Gasteiger partial charge in [-0.2, -0.15) is 0 Å². The topological polar surface area (TPSA) is 87.7 Å². The highest BCUT2D eigenvalue weighted by Gasteiger charge is 2.34. The van der Waals surface area contributed by atoms with Crippen LogP contribution in [0.4, 0.5) is 9.18 Å². The molecule has 0 aromatic heterocycles. The van der Waals surface area contributed by atoms with Crippen LogP contribution in [-0.2, 0) is 9.53 Å². The van der Waals surface area contributed by atoms with Crippen LogP contribution in [0.15, 0.2) is 29.5 Å². The molecule has 1 aromatic carbocycles. The molecule has 7 heteroatoms. The molecule has 1 atom stereocenters. The number of phenols is 1. The van der Waals surface area contributed by atoms with Gasteiger partial charge < -0.3 is 20.5 Å². The zero-order chi connectivity index (χ0) is 19.4. The minimum absolute atomic E-state index is 0.291. The maximum atomic E-state index is 13.4. The first-order valence-electron chi connectivity index (χ1n) is 9.45. The summed E-state index contributed by atoms with van der Waals surface area (Å²) < 4.78 is 19.0. The summed E-state index contributed by atoms with van der Waals surface area (Å²) in [6.07, 6.45) is 6.07. The number of hydrogen-bond acceptors (Lipinski definition) is 4. The van der Waals surface area contributed by atoms with Crippen molar-refractivity contribution in [3.8, 4) is 5.75 Å². The fourth-order valence-electron chi connectivity index (χ4n) is 3.72. The van der Waals surface area contributed by atoms with E-state index in [0.29, 0.717) is 35.8 Å². The molecule has 1 aromatic rings. The summed E-state index contributed by atoms with van der Waals surface area (Å²) >= 11 is 0. The number of rotatable bonds is 5. The fourth-order valence-corrected chi connectivity index (χ4v) is 3.72. The van der Waals surface area contributed by atoms with Crippen LogP contribution in [0.25, 0.3) is 0 Å². The molecule has 146 valence electrons. The van der Waals surface area contributed by atoms with Gasteiger partial charge >= 0.3 is 12.0 Å². The third-order valence-electron chi connectivity index (χ3n) is 5.21. The van der Waals surface area contributed by atoms with Crippen molar-refractivity contribution in [2.45, 2.75) is 51.5 Å². The van der Waals surface area contributed by atoms with Gasteiger partial charge in [-0.1, -0.05) is 32.3 Å². The molecular formula is C20H25FN2O4. The second-order valence-corrected chi connectivity index (χ2v) is 7.09. The summed E-state index contributed by atoms with van der Waals surface area (Å²) in [5.41, 5.74) is 1.18. The van der Waals surface area contributed by atoms with Gasteiger partial charge in [0.15, 0.2) is 11.6 Å². The minimum Gasteiger partial charge on any atom is -0.505 e. The molecule has 1 heterocycles. The predicted octanol–water partition coefficient (Wildman–Crippen LogP) is 3.67. The first-order chi connectivity index (χ1) is 13.0. The molecule has 1 fully saturated rings. The molecule has 2 aliphatic rings. The Labute approximate surface area is 157 Å². The lowest BCUT2D eigenvalue weighted by Gasteiger charge is -2.30. The van der Waals surface area contributed by atoms with Gasteiger partial charge in [0, 0.05) is 5.70 Å². The summed E-state index contributed by atoms with van der Waals surface area (Å²) in [4.78, 5) is 24.8. The number of halogens is 1. The van der Waals surface area contributed by atoms with Gasteiger partial charge in [-0.15, -0.1) is 0 Å². The maximum absolute atomic E-state index is 13.4. The Morgan fingerprint density at radius 1 is 1.30 bits per heavy atom. The van der Waals surface area contributed by atoms with Crippen LogP contribution >= 0.6 is 0 Å². The molecule has 0 spiro atoms. The van der Waals surface area contributed by atoms with E-state index in [-0.39, 0.29) is 0 Å². The van der Waals surface area contributed by atoms with Crippen LogP contribution < -0.4 is 10.6 Å². The van der Waals surface area contributed by atoms with Crippen LogP contribution in [0.5, 0.6) is 5.75 Å². The summed E-state index contributed by atoms with van der Waals surface area (Å²) in [6.45, 7) is 2.18. The van der Waals surface area contributed by atoms with Crippen molar-refractivity contribution in [1.29, 1.82) is 0 Å². The van der Waals surface area contributed by atoms with Gasteiger partial charge in [0.05, 0.1) is 18.2 Å². The van der Waals surface area contributed by atoms with Crippen molar-refractivity contribution in [3.63, 3.8) is 0 Å². The van der Waals surface area contributed by atoms with Crippen LogP contribution in [-0.4, -0.2) is 23.7 Å². The van der Waals surface area contributed by atoms with E-state index in [9.17, 15) is 19.1 Å². The number of esters is 1. The summed E-state index contributed by atoms with van der Waals surface area (Å²) in [6, 6.07) is 2.50. The van der Waals surface area contributed by atoms with Gasteiger partial charge in [-0.05, 0) is 42.9 Å². The van der Waals surface area contributed by atoms with E-state index < -0.39 is 29.6 Å². The number of ether oxygens (including phenoxy) is 1. The number of carbonyl (C=O) groups excluding carboxylic acids is 2. The Hall–Kier alpha value is -2.57. The lowest BCUT2D eigenvalue weighted by Crippen LogP contribution is -2.46. The Morgan fingerprint density at radius 3 is 2.70 bits per heavy atom. The number of aromatic hydroxyl groups is 1. The standard InChI is InChI=1S/C20H25FN2O4/c1-2-15-17(19(25)27-11-12-6-4-3-5-7-12)18(23-20(26)22-15)13-8-9-14(21)16(24)10-13/h8-10,12,18,24H,2-7,11H2,1H3,(H2,22,23,26). The summed E-state index contributed by atoms with van der Waals surface area (Å²) in [7, 11) is 0. The second-order valence-electron chi connectivity index (χ2n) is 7.09. The van der Waals surface area contributed by atoms with Crippen molar-refractivity contribution in [3.05, 3.63) is 40.8 Å². The molecule has 1 saturated carbocycles. The van der Waals surface area contributed by atoms with E-state index in [1.54, 1.807) is 0 Å². The zero-order valence-electron chi connectivity index (χ0n) is 15.4. The van der Waals surface area contributed by atoms with Gasteiger partial charge in [0.25, 0.3) is 0 Å². The smallest absolute Gasteiger partial charge is 0.338 e. The fraction of sp³-hybridized carbons (Fsp3) is 0.500. The Bertz CT molecular complexity index is 756. The third-order valence-corrected chi connectivity index (χ3v) is 5.21. The normalized spacial score (nSPS) is 20.8. The molecule has 1 unspecified atom stereocenters. The van der Waals surface area contributed by atoms with Gasteiger partial charge in [-0.3, -0.25) is 0 Å². The van der Waals surface area contributed by atoms with E-state index >= 15 is 0 Å². The zero-order valence-corrected chi connectivity index (χ0v) is 15.4. The molecule has 2 amide bonds. The number of allylic oxidation sites excluding steroid dienone is 1. The van der Waals surface area contributed by atoms with Crippen molar-refractivity contribution < 1.29 is 23.8 Å². The molecule has 6 nitrogen and oxygen atoms in total. The average Bonchev–Trinajstić information content (AvgIpc) is 2.68. The van der Waals surface area contributed by atoms with E-state index in [1.807, 2.05) is 6.92 Å². The SMILES string of the molecule is CCC1=C(C(=O)OCC2CCCCC2)C(c2ccc(F)c(O)c2)NC(=O)N1. The quantitative estimate of drug-likeness (QED) is 0.684. The van der Waals surface area contributed by atoms with E-state index in [2.05, 4.69) is 10.6 Å². The number of urea groups is 1. The molecule has 3 rings (SSSR count). The average molecular weight is 376 g/mol. The highest BCUT2D eigenvalue weighted by Crippen LogP contribution is 2.32. The molecule has 1 aliphatic carbocycles. The number of amides is 2. The highest BCUT2D eigenvalue weighted by molar-refractivity contribution is 5.95. The number of carbonyl (C=O) groups is 2. The molecule has 0 saturated heterocycles. The lowest BCUT2D eigenvalue weighted by atomic mass is 9.90. The van der Waals surface area contributed by atoms with Gasteiger partial charge in [0.2, 0.25) is 0 Å². The summed E-state index contributed by atoms with van der Waals surface area (Å²) in [5, 5.41) is 15.0. The van der Waals surface area contributed by atoms with E-state index in [0.717, 1.165) is 31.7 Å². The number of nitrogens with one attached hydrogen (secondary N) is 2. The first kappa shape index (κ1) is 19.2. The molecule has 3 N–H and O–H groups in total. The van der Waals surface area contributed by atoms with Crippen LogP contribution in [0.3, 0.4) is 0 Å². The van der Waals surface area contributed by atoms with Gasteiger partial charge in [-0.25, -0.2) is 14.0 Å². The highest BCUT2D eigenvalue weighted by atomic mass is 19.1. The maximum Gasteiger partial charge on any atom is 0.338 e. The second kappa shape index (κ2) is 8.41. The molecule has 0 bridgehead atoms. The monoisotopic (exact) mass is 376 g/mol.